The van der Waals surface area contributed by atoms with E-state index in [-0.39, 0.29) is 0 Å². The van der Waals surface area contributed by atoms with Crippen LogP contribution in [0.15, 0.2) is 60.9 Å². The Hall–Kier alpha value is -3.98. The van der Waals surface area contributed by atoms with Crippen LogP contribution in [0.2, 0.25) is 0 Å². The van der Waals surface area contributed by atoms with Crippen molar-refractivity contribution in [2.75, 3.05) is 24.7 Å². The molecule has 6 heteroatoms. The van der Waals surface area contributed by atoms with Gasteiger partial charge in [0.05, 0.1) is 22.7 Å². The van der Waals surface area contributed by atoms with E-state index in [0.717, 1.165) is 33.5 Å². The topological polar surface area (TPSA) is 91.7 Å². The molecular weight excluding hydrogens is 360 g/mol. The summed E-state index contributed by atoms with van der Waals surface area (Å²) in [5.74, 6) is 0.406. The van der Waals surface area contributed by atoms with Gasteiger partial charge < -0.3 is 10.6 Å². The van der Waals surface area contributed by atoms with Gasteiger partial charge in [-0.1, -0.05) is 24.3 Å². The summed E-state index contributed by atoms with van der Waals surface area (Å²) in [6.45, 7) is 0. The summed E-state index contributed by atoms with van der Waals surface area (Å²) in [5.41, 5.74) is 12.3. The average molecular weight is 380 g/mol. The Morgan fingerprint density at radius 1 is 1.03 bits per heavy atom. The van der Waals surface area contributed by atoms with Gasteiger partial charge in [-0.2, -0.15) is 5.26 Å². The highest BCUT2D eigenvalue weighted by molar-refractivity contribution is 5.90. The van der Waals surface area contributed by atoms with Crippen LogP contribution in [0.5, 0.6) is 0 Å². The van der Waals surface area contributed by atoms with Crippen molar-refractivity contribution in [2.45, 2.75) is 6.42 Å². The van der Waals surface area contributed by atoms with Crippen LogP contribution >= 0.6 is 0 Å². The highest BCUT2D eigenvalue weighted by atomic mass is 15.1. The number of nitrogens with two attached hydrogens (primary N) is 1. The summed E-state index contributed by atoms with van der Waals surface area (Å²) in [4.78, 5) is 15.3. The normalized spacial score (nSPS) is 10.7. The number of rotatable bonds is 4. The Morgan fingerprint density at radius 2 is 1.83 bits per heavy atom. The number of nitrogens with zero attached hydrogens (tertiary/aromatic N) is 5. The molecule has 2 N–H and O–H groups in total. The van der Waals surface area contributed by atoms with Crippen LogP contribution in [-0.4, -0.2) is 29.0 Å². The fourth-order valence-corrected chi connectivity index (χ4v) is 3.35. The van der Waals surface area contributed by atoms with Crippen molar-refractivity contribution in [3.05, 3.63) is 77.6 Å². The molecule has 142 valence electrons. The van der Waals surface area contributed by atoms with Crippen molar-refractivity contribution in [2.24, 2.45) is 0 Å². The predicted octanol–water partition coefficient (Wildman–Crippen LogP) is 3.80. The molecule has 4 aromatic rings. The lowest BCUT2D eigenvalue weighted by molar-refractivity contribution is 1.13. The third kappa shape index (κ3) is 3.71. The minimum absolute atomic E-state index is 0.406. The number of hydrogen-bond donors (Lipinski definition) is 1. The summed E-state index contributed by atoms with van der Waals surface area (Å²) in [6, 6.07) is 20.0. The van der Waals surface area contributed by atoms with Gasteiger partial charge in [-0.15, -0.1) is 0 Å². The van der Waals surface area contributed by atoms with Crippen molar-refractivity contribution in [1.82, 2.24) is 15.0 Å². The van der Waals surface area contributed by atoms with E-state index >= 15 is 0 Å². The molecule has 0 saturated carbocycles. The predicted molar refractivity (Wildman–Crippen MR) is 115 cm³/mol. The summed E-state index contributed by atoms with van der Waals surface area (Å²) in [5, 5.41) is 9.95. The Balaban J connectivity index is 1.84. The van der Waals surface area contributed by atoms with Crippen LogP contribution in [0.3, 0.4) is 0 Å². The number of nitrogen functional groups attached to an aromatic ring is 1. The molecule has 0 aliphatic carbocycles. The zero-order valence-electron chi connectivity index (χ0n) is 16.3. The number of nitriles is 1. The van der Waals surface area contributed by atoms with Gasteiger partial charge in [-0.05, 0) is 47.9 Å². The summed E-state index contributed by atoms with van der Waals surface area (Å²) >= 11 is 0. The van der Waals surface area contributed by atoms with E-state index in [9.17, 15) is 5.26 Å². The summed E-state index contributed by atoms with van der Waals surface area (Å²) in [7, 11) is 4.02. The van der Waals surface area contributed by atoms with Crippen LogP contribution in [0.1, 0.15) is 16.7 Å². The van der Waals surface area contributed by atoms with E-state index in [0.29, 0.717) is 23.4 Å². The molecule has 0 spiro atoms. The second-order valence-corrected chi connectivity index (χ2v) is 7.05. The Labute approximate surface area is 169 Å². The van der Waals surface area contributed by atoms with Gasteiger partial charge in [0.25, 0.3) is 0 Å². The van der Waals surface area contributed by atoms with Crippen molar-refractivity contribution < 1.29 is 0 Å². The highest BCUT2D eigenvalue weighted by Gasteiger charge is 2.13. The number of fused-ring (bicyclic) bond motifs is 1. The lowest BCUT2D eigenvalue weighted by atomic mass is 9.99. The highest BCUT2D eigenvalue weighted by Crippen LogP contribution is 2.29. The third-order valence-electron chi connectivity index (χ3n) is 4.85. The number of aromatic nitrogens is 3. The molecular formula is C23H20N6. The zero-order valence-corrected chi connectivity index (χ0v) is 16.3. The maximum Gasteiger partial charge on any atom is 0.165 e. The molecule has 0 amide bonds. The zero-order chi connectivity index (χ0) is 20.4. The van der Waals surface area contributed by atoms with Crippen LogP contribution in [0, 0.1) is 11.3 Å². The maximum absolute atomic E-state index is 9.19. The molecule has 0 saturated heterocycles. The maximum atomic E-state index is 9.19. The van der Waals surface area contributed by atoms with Gasteiger partial charge in [0, 0.05) is 25.3 Å². The molecule has 0 bridgehead atoms. The van der Waals surface area contributed by atoms with E-state index < -0.39 is 0 Å². The first-order chi connectivity index (χ1) is 14.0. The van der Waals surface area contributed by atoms with Crippen molar-refractivity contribution in [3.63, 3.8) is 0 Å². The van der Waals surface area contributed by atoms with Crippen LogP contribution < -0.4 is 10.6 Å². The van der Waals surface area contributed by atoms with E-state index in [1.165, 1.54) is 6.33 Å². The van der Waals surface area contributed by atoms with Crippen LogP contribution in [-0.2, 0) is 6.42 Å². The minimum atomic E-state index is 0.406. The molecule has 4 rings (SSSR count). The summed E-state index contributed by atoms with van der Waals surface area (Å²) < 4.78 is 0. The lowest BCUT2D eigenvalue weighted by Crippen LogP contribution is -2.08. The van der Waals surface area contributed by atoms with Gasteiger partial charge in [-0.3, -0.25) is 0 Å². The largest absolute Gasteiger partial charge is 0.383 e. The molecule has 2 aromatic carbocycles. The molecule has 0 radical (unpaired) electrons. The van der Waals surface area contributed by atoms with Crippen molar-refractivity contribution in [1.29, 1.82) is 5.26 Å². The Bertz CT molecular complexity index is 1220. The summed E-state index contributed by atoms with van der Waals surface area (Å²) in [6.07, 6.45) is 2.04. The van der Waals surface area contributed by atoms with Gasteiger partial charge in [0.1, 0.15) is 12.1 Å². The number of benzene rings is 2. The van der Waals surface area contributed by atoms with Gasteiger partial charge in [-0.25, -0.2) is 15.0 Å². The SMILES string of the molecule is CN(C)c1ccc(-c2cc(Cc3cccc(C#N)c3)c3c(N)ncnc3n2)cc1. The second-order valence-electron chi connectivity index (χ2n) is 7.05. The molecule has 0 aliphatic rings. The smallest absolute Gasteiger partial charge is 0.165 e. The Morgan fingerprint density at radius 3 is 2.55 bits per heavy atom. The molecule has 6 nitrogen and oxygen atoms in total. The number of pyridine rings is 1. The van der Waals surface area contributed by atoms with E-state index in [4.69, 9.17) is 10.7 Å². The number of hydrogen-bond acceptors (Lipinski definition) is 6. The van der Waals surface area contributed by atoms with Crippen LogP contribution in [0.25, 0.3) is 22.3 Å². The van der Waals surface area contributed by atoms with Crippen molar-refractivity contribution in [3.8, 4) is 17.3 Å². The first-order valence-corrected chi connectivity index (χ1v) is 9.22. The second kappa shape index (κ2) is 7.56. The molecule has 2 heterocycles. The van der Waals surface area contributed by atoms with Gasteiger partial charge in [0.15, 0.2) is 5.65 Å². The standard InChI is InChI=1S/C23H20N6/c1-29(2)19-8-6-17(7-9-19)20-12-18(11-15-4-3-5-16(10-15)13-24)21-22(25)26-14-27-23(21)28-20/h3-10,12,14H,11H2,1-2H3,(H2,25,26,27,28). The van der Waals surface area contributed by atoms with Crippen LogP contribution in [0.4, 0.5) is 11.5 Å². The lowest BCUT2D eigenvalue weighted by Gasteiger charge is -2.14. The fraction of sp³-hybridized carbons (Fsp3) is 0.130. The van der Waals surface area contributed by atoms with E-state index in [1.807, 2.05) is 50.5 Å². The molecule has 0 fully saturated rings. The average Bonchev–Trinajstić information content (AvgIpc) is 2.74. The third-order valence-corrected chi connectivity index (χ3v) is 4.85. The van der Waals surface area contributed by atoms with Gasteiger partial charge >= 0.3 is 0 Å². The fourth-order valence-electron chi connectivity index (χ4n) is 3.35. The first-order valence-electron chi connectivity index (χ1n) is 9.22. The molecule has 2 aromatic heterocycles. The minimum Gasteiger partial charge on any atom is -0.383 e. The van der Waals surface area contributed by atoms with Crippen molar-refractivity contribution >= 4 is 22.5 Å². The quantitative estimate of drug-likeness (QED) is 0.579. The monoisotopic (exact) mass is 380 g/mol. The number of anilines is 2. The molecule has 29 heavy (non-hydrogen) atoms. The first kappa shape index (κ1) is 18.4. The molecule has 0 aliphatic heterocycles. The van der Waals surface area contributed by atoms with E-state index in [2.05, 4.69) is 33.1 Å². The van der Waals surface area contributed by atoms with Gasteiger partial charge in [0.2, 0.25) is 0 Å². The molecule has 0 atom stereocenters. The van der Waals surface area contributed by atoms with E-state index in [1.54, 1.807) is 6.07 Å². The molecule has 0 unspecified atom stereocenters. The Kier molecular flexibility index (Phi) is 4.80.